The van der Waals surface area contributed by atoms with Crippen LogP contribution in [0.4, 0.5) is 4.39 Å². The molecule has 0 aliphatic heterocycles. The molecule has 1 aliphatic carbocycles. The van der Waals surface area contributed by atoms with Gasteiger partial charge in [0.2, 0.25) is 0 Å². The van der Waals surface area contributed by atoms with E-state index in [9.17, 15) is 4.39 Å². The van der Waals surface area contributed by atoms with Crippen LogP contribution >= 0.6 is 15.9 Å². The number of nitrogens with two attached hydrogens (primary N) is 1. The zero-order valence-corrected chi connectivity index (χ0v) is 12.8. The molecule has 2 rings (SSSR count). The van der Waals surface area contributed by atoms with Crippen molar-refractivity contribution < 1.29 is 13.9 Å². The van der Waals surface area contributed by atoms with Gasteiger partial charge in [-0.1, -0.05) is 35.2 Å². The van der Waals surface area contributed by atoms with E-state index >= 15 is 0 Å². The summed E-state index contributed by atoms with van der Waals surface area (Å²) in [5.74, 6) is 0.0734. The molecule has 1 fully saturated rings. The van der Waals surface area contributed by atoms with Gasteiger partial charge in [0.25, 0.3) is 0 Å². The number of methoxy groups -OCH3 is 2. The van der Waals surface area contributed by atoms with Crippen LogP contribution in [0, 0.1) is 5.82 Å². The Hall–Kier alpha value is -0.810. The number of hydrogen-bond donors (Lipinski definition) is 1. The fourth-order valence-electron chi connectivity index (χ4n) is 2.86. The lowest BCUT2D eigenvalue weighted by Gasteiger charge is -2.36. The molecule has 19 heavy (non-hydrogen) atoms. The number of benzene rings is 1. The lowest BCUT2D eigenvalue weighted by atomic mass is 9.77. The van der Waals surface area contributed by atoms with Crippen LogP contribution in [0.1, 0.15) is 37.7 Å². The van der Waals surface area contributed by atoms with Gasteiger partial charge in [0.05, 0.1) is 14.2 Å². The van der Waals surface area contributed by atoms with Crippen LogP contribution in [-0.2, 0) is 5.54 Å². The van der Waals surface area contributed by atoms with Crippen molar-refractivity contribution in [2.45, 2.75) is 37.6 Å². The van der Waals surface area contributed by atoms with Crippen molar-refractivity contribution in [3.05, 3.63) is 21.9 Å². The largest absolute Gasteiger partial charge is 0.492 e. The van der Waals surface area contributed by atoms with Crippen LogP contribution in [0.2, 0.25) is 0 Å². The first-order valence-electron chi connectivity index (χ1n) is 6.43. The van der Waals surface area contributed by atoms with Gasteiger partial charge in [-0.3, -0.25) is 0 Å². The Labute approximate surface area is 121 Å². The maximum absolute atomic E-state index is 13.9. The highest BCUT2D eigenvalue weighted by Gasteiger charge is 2.36. The van der Waals surface area contributed by atoms with Gasteiger partial charge < -0.3 is 15.2 Å². The topological polar surface area (TPSA) is 44.5 Å². The summed E-state index contributed by atoms with van der Waals surface area (Å²) in [4.78, 5) is 0. The van der Waals surface area contributed by atoms with Crippen LogP contribution in [0.25, 0.3) is 0 Å². The minimum atomic E-state index is -0.483. The second-order valence-electron chi connectivity index (χ2n) is 5.00. The van der Waals surface area contributed by atoms with Crippen molar-refractivity contribution in [3.63, 3.8) is 0 Å². The van der Waals surface area contributed by atoms with Gasteiger partial charge in [-0.15, -0.1) is 0 Å². The molecule has 1 saturated carbocycles. The number of halogens is 2. The Morgan fingerprint density at radius 3 is 2.26 bits per heavy atom. The van der Waals surface area contributed by atoms with E-state index in [0.29, 0.717) is 10.2 Å². The van der Waals surface area contributed by atoms with Gasteiger partial charge in [0.15, 0.2) is 17.3 Å². The summed E-state index contributed by atoms with van der Waals surface area (Å²) in [7, 11) is 2.95. The predicted octanol–water partition coefficient (Wildman–Crippen LogP) is 3.72. The summed E-state index contributed by atoms with van der Waals surface area (Å²) in [6, 6.07) is 1.40. The molecule has 0 atom stereocenters. The van der Waals surface area contributed by atoms with Crippen molar-refractivity contribution in [2.24, 2.45) is 5.73 Å². The third-order valence-corrected chi connectivity index (χ3v) is 4.42. The molecular weight excluding hydrogens is 313 g/mol. The Bertz CT molecular complexity index is 473. The minimum absolute atomic E-state index is 0.121. The molecule has 0 bridgehead atoms. The Morgan fingerprint density at radius 2 is 1.74 bits per heavy atom. The fourth-order valence-corrected chi connectivity index (χ4v) is 3.64. The van der Waals surface area contributed by atoms with Gasteiger partial charge >= 0.3 is 0 Å². The molecular formula is C14H19BrFNO2. The molecule has 1 aromatic carbocycles. The van der Waals surface area contributed by atoms with Crippen LogP contribution < -0.4 is 15.2 Å². The first-order valence-corrected chi connectivity index (χ1v) is 7.22. The van der Waals surface area contributed by atoms with Crippen molar-refractivity contribution in [1.29, 1.82) is 0 Å². The molecule has 2 N–H and O–H groups in total. The van der Waals surface area contributed by atoms with E-state index in [1.54, 1.807) is 0 Å². The molecule has 0 radical (unpaired) electrons. The van der Waals surface area contributed by atoms with E-state index in [2.05, 4.69) is 15.9 Å². The van der Waals surface area contributed by atoms with Crippen molar-refractivity contribution in [2.75, 3.05) is 14.2 Å². The maximum atomic E-state index is 13.9. The first-order chi connectivity index (χ1) is 9.03. The molecule has 106 valence electrons. The standard InChI is InChI=1S/C14H19BrFNO2/c1-18-12-10(16)8-9(15)11(13(12)19-2)14(17)6-4-3-5-7-14/h8H,3-7,17H2,1-2H3. The molecule has 0 aromatic heterocycles. The lowest BCUT2D eigenvalue weighted by Crippen LogP contribution is -2.39. The second-order valence-corrected chi connectivity index (χ2v) is 5.85. The minimum Gasteiger partial charge on any atom is -0.492 e. The number of hydrogen-bond acceptors (Lipinski definition) is 3. The second kappa shape index (κ2) is 5.67. The van der Waals surface area contributed by atoms with E-state index in [0.717, 1.165) is 31.2 Å². The molecule has 0 unspecified atom stereocenters. The van der Waals surface area contributed by atoms with E-state index < -0.39 is 11.4 Å². The van der Waals surface area contributed by atoms with E-state index in [4.69, 9.17) is 15.2 Å². The highest BCUT2D eigenvalue weighted by atomic mass is 79.9. The summed E-state index contributed by atoms with van der Waals surface area (Å²) >= 11 is 3.42. The van der Waals surface area contributed by atoms with Gasteiger partial charge in [-0.05, 0) is 18.9 Å². The van der Waals surface area contributed by atoms with Crippen molar-refractivity contribution in [1.82, 2.24) is 0 Å². The van der Waals surface area contributed by atoms with E-state index in [-0.39, 0.29) is 5.75 Å². The van der Waals surface area contributed by atoms with E-state index in [1.807, 2.05) is 0 Å². The van der Waals surface area contributed by atoms with Crippen molar-refractivity contribution >= 4 is 15.9 Å². The fraction of sp³-hybridized carbons (Fsp3) is 0.571. The van der Waals surface area contributed by atoms with Crippen LogP contribution in [0.3, 0.4) is 0 Å². The molecule has 0 amide bonds. The average Bonchev–Trinajstić information content (AvgIpc) is 2.38. The summed E-state index contributed by atoms with van der Waals surface area (Å²) in [6.45, 7) is 0. The zero-order chi connectivity index (χ0) is 14.0. The monoisotopic (exact) mass is 331 g/mol. The smallest absolute Gasteiger partial charge is 0.197 e. The molecule has 1 aromatic rings. The number of rotatable bonds is 3. The zero-order valence-electron chi connectivity index (χ0n) is 11.3. The summed E-state index contributed by atoms with van der Waals surface area (Å²) in [6.07, 6.45) is 5.09. The van der Waals surface area contributed by atoms with Crippen LogP contribution in [0.5, 0.6) is 11.5 Å². The molecule has 3 nitrogen and oxygen atoms in total. The Morgan fingerprint density at radius 1 is 1.16 bits per heavy atom. The molecule has 0 spiro atoms. The average molecular weight is 332 g/mol. The summed E-state index contributed by atoms with van der Waals surface area (Å²) < 4.78 is 25.0. The lowest BCUT2D eigenvalue weighted by molar-refractivity contribution is 0.277. The summed E-state index contributed by atoms with van der Waals surface area (Å²) in [5.41, 5.74) is 6.87. The van der Waals surface area contributed by atoms with Crippen LogP contribution in [0.15, 0.2) is 10.5 Å². The molecule has 1 aliphatic rings. The van der Waals surface area contributed by atoms with Crippen molar-refractivity contribution in [3.8, 4) is 11.5 Å². The number of ether oxygens (including phenoxy) is 2. The Balaban J connectivity index is 2.61. The third kappa shape index (κ3) is 2.58. The molecule has 0 saturated heterocycles. The van der Waals surface area contributed by atoms with Gasteiger partial charge in [0.1, 0.15) is 0 Å². The normalized spacial score (nSPS) is 18.2. The summed E-state index contributed by atoms with van der Waals surface area (Å²) in [5, 5.41) is 0. The van der Waals surface area contributed by atoms with E-state index in [1.165, 1.54) is 26.7 Å². The van der Waals surface area contributed by atoms with Gasteiger partial charge in [-0.2, -0.15) is 0 Å². The van der Waals surface area contributed by atoms with Crippen LogP contribution in [-0.4, -0.2) is 14.2 Å². The van der Waals surface area contributed by atoms with Gasteiger partial charge in [-0.25, -0.2) is 4.39 Å². The van der Waals surface area contributed by atoms with Gasteiger partial charge in [0, 0.05) is 15.6 Å². The highest BCUT2D eigenvalue weighted by Crippen LogP contribution is 2.47. The quantitative estimate of drug-likeness (QED) is 0.917. The molecule has 0 heterocycles. The maximum Gasteiger partial charge on any atom is 0.197 e. The highest BCUT2D eigenvalue weighted by molar-refractivity contribution is 9.10. The first kappa shape index (κ1) is 14.6. The third-order valence-electron chi connectivity index (χ3n) is 3.79. The Kier molecular flexibility index (Phi) is 4.36. The SMILES string of the molecule is COc1c(F)cc(Br)c(C2(N)CCCCC2)c1OC. The predicted molar refractivity (Wildman–Crippen MR) is 76.2 cm³/mol. The molecule has 5 heteroatoms.